The van der Waals surface area contributed by atoms with Crippen LogP contribution in [0.3, 0.4) is 0 Å². The number of aldehydes is 1. The van der Waals surface area contributed by atoms with Crippen molar-refractivity contribution in [3.8, 4) is 0 Å². The second-order valence-corrected chi connectivity index (χ2v) is 5.87. The van der Waals surface area contributed by atoms with E-state index in [-0.39, 0.29) is 18.2 Å². The van der Waals surface area contributed by atoms with E-state index in [1.165, 1.54) is 0 Å². The molecule has 1 heterocycles. The molecular formula is C16H28N4O3. The fraction of sp³-hybridized carbons (Fsp3) is 0.688. The lowest BCUT2D eigenvalue weighted by atomic mass is 10.0. The molecule has 7 nitrogen and oxygen atoms in total. The summed E-state index contributed by atoms with van der Waals surface area (Å²) in [5, 5.41) is 12.9. The molecule has 0 bridgehead atoms. The molecular weight excluding hydrogens is 296 g/mol. The van der Waals surface area contributed by atoms with Crippen molar-refractivity contribution in [3.63, 3.8) is 0 Å². The highest BCUT2D eigenvalue weighted by molar-refractivity contribution is 5.67. The lowest BCUT2D eigenvalue weighted by Gasteiger charge is -2.14. The second kappa shape index (κ2) is 9.86. The number of alkyl carbamates (subject to hydrolysis) is 1. The van der Waals surface area contributed by atoms with E-state index in [0.29, 0.717) is 12.3 Å². The maximum Gasteiger partial charge on any atom is 0.407 e. The van der Waals surface area contributed by atoms with Gasteiger partial charge in [0, 0.05) is 37.2 Å². The predicted molar refractivity (Wildman–Crippen MR) is 89.6 cm³/mol. The Bertz CT molecular complexity index is 487. The topological polar surface area (TPSA) is 96.1 Å². The van der Waals surface area contributed by atoms with Gasteiger partial charge in [0.25, 0.3) is 0 Å². The molecule has 1 saturated carbocycles. The number of amides is 1. The van der Waals surface area contributed by atoms with E-state index in [1.807, 2.05) is 33.9 Å². The van der Waals surface area contributed by atoms with E-state index in [2.05, 4.69) is 20.8 Å². The summed E-state index contributed by atoms with van der Waals surface area (Å²) in [6.45, 7) is 5.65. The number of hydrogen-bond donors (Lipinski definition) is 3. The Balaban J connectivity index is 0.000000593. The van der Waals surface area contributed by atoms with Crippen molar-refractivity contribution in [2.45, 2.75) is 64.5 Å². The zero-order chi connectivity index (χ0) is 17.2. The summed E-state index contributed by atoms with van der Waals surface area (Å²) in [6, 6.07) is 2.12. The van der Waals surface area contributed by atoms with E-state index < -0.39 is 0 Å². The molecule has 0 spiro atoms. The molecule has 1 aliphatic rings. The van der Waals surface area contributed by atoms with Gasteiger partial charge in [0.15, 0.2) is 0 Å². The first-order valence-corrected chi connectivity index (χ1v) is 8.13. The molecule has 1 aromatic heterocycles. The Kier molecular flexibility index (Phi) is 8.15. The average molecular weight is 324 g/mol. The van der Waals surface area contributed by atoms with E-state index in [0.717, 1.165) is 37.1 Å². The zero-order valence-electron chi connectivity index (χ0n) is 14.4. The van der Waals surface area contributed by atoms with Crippen molar-refractivity contribution < 1.29 is 14.3 Å². The predicted octanol–water partition coefficient (Wildman–Crippen LogP) is 2.82. The number of nitrogens with one attached hydrogen (secondary N) is 3. The van der Waals surface area contributed by atoms with Crippen LogP contribution in [0, 0.1) is 0 Å². The normalized spacial score (nSPS) is 19.7. The van der Waals surface area contributed by atoms with Crippen LogP contribution in [0.1, 0.15) is 58.1 Å². The van der Waals surface area contributed by atoms with Crippen LogP contribution in [-0.4, -0.2) is 41.8 Å². The fourth-order valence-electron chi connectivity index (χ4n) is 2.42. The van der Waals surface area contributed by atoms with Gasteiger partial charge in [0.1, 0.15) is 18.2 Å². The van der Waals surface area contributed by atoms with Crippen molar-refractivity contribution in [1.82, 2.24) is 15.5 Å². The molecule has 2 unspecified atom stereocenters. The molecule has 1 amide bonds. The number of nitrogens with zero attached hydrogens (tertiary/aromatic N) is 1. The molecule has 0 aliphatic heterocycles. The van der Waals surface area contributed by atoms with Gasteiger partial charge in [-0.1, -0.05) is 6.92 Å². The first-order valence-electron chi connectivity index (χ1n) is 8.13. The molecule has 7 heteroatoms. The van der Waals surface area contributed by atoms with Gasteiger partial charge in [-0.05, 0) is 33.1 Å². The summed E-state index contributed by atoms with van der Waals surface area (Å²) in [7, 11) is 1.84. The van der Waals surface area contributed by atoms with Crippen LogP contribution in [0.5, 0.6) is 0 Å². The third-order valence-corrected chi connectivity index (χ3v) is 3.53. The van der Waals surface area contributed by atoms with Crippen LogP contribution in [-0.2, 0) is 9.53 Å². The smallest absolute Gasteiger partial charge is 0.407 e. The van der Waals surface area contributed by atoms with Crippen LogP contribution in [0.2, 0.25) is 0 Å². The van der Waals surface area contributed by atoms with E-state index in [9.17, 15) is 9.59 Å². The average Bonchev–Trinajstić information content (AvgIpc) is 3.15. The minimum atomic E-state index is -0.318. The number of carbonyl (C=O) groups is 2. The van der Waals surface area contributed by atoms with Gasteiger partial charge in [0.05, 0.1) is 0 Å². The molecule has 23 heavy (non-hydrogen) atoms. The monoisotopic (exact) mass is 324 g/mol. The standard InChI is InChI=1S/C13H22N4O2.C3H6O/c1-8(2)15-13(18)19-10-5-4-9(6-10)11-7-12(14-3)17-16-11;1-2-3-4/h7-10H,4-6H2,1-3H3,(H,15,18)(H2,14,16,17);3H,2H2,1H3. The molecule has 3 N–H and O–H groups in total. The lowest BCUT2D eigenvalue weighted by molar-refractivity contribution is -0.107. The number of carbonyl (C=O) groups excluding carboxylic acids is 2. The van der Waals surface area contributed by atoms with Crippen molar-refractivity contribution >= 4 is 18.2 Å². The molecule has 1 aromatic rings. The third kappa shape index (κ3) is 6.71. The molecule has 1 fully saturated rings. The maximum absolute atomic E-state index is 11.5. The van der Waals surface area contributed by atoms with Gasteiger partial charge in [-0.25, -0.2) is 4.79 Å². The summed E-state index contributed by atoms with van der Waals surface area (Å²) < 4.78 is 5.41. The number of aromatic nitrogens is 2. The summed E-state index contributed by atoms with van der Waals surface area (Å²) in [5.74, 6) is 1.24. The summed E-state index contributed by atoms with van der Waals surface area (Å²) in [4.78, 5) is 20.7. The lowest BCUT2D eigenvalue weighted by Crippen LogP contribution is -2.33. The number of rotatable bonds is 5. The highest BCUT2D eigenvalue weighted by Gasteiger charge is 2.29. The second-order valence-electron chi connectivity index (χ2n) is 5.87. The van der Waals surface area contributed by atoms with Crippen LogP contribution >= 0.6 is 0 Å². The summed E-state index contributed by atoms with van der Waals surface area (Å²) >= 11 is 0. The Morgan fingerprint density at radius 3 is 2.74 bits per heavy atom. The molecule has 2 atom stereocenters. The van der Waals surface area contributed by atoms with E-state index >= 15 is 0 Å². The first kappa shape index (κ1) is 19.0. The summed E-state index contributed by atoms with van der Waals surface area (Å²) in [6.07, 6.45) is 3.98. The van der Waals surface area contributed by atoms with Crippen LogP contribution < -0.4 is 10.6 Å². The molecule has 0 aromatic carbocycles. The van der Waals surface area contributed by atoms with Crippen LogP contribution in [0.15, 0.2) is 6.07 Å². The minimum absolute atomic E-state index is 0.00471. The number of ether oxygens (including phenoxy) is 1. The molecule has 130 valence electrons. The maximum atomic E-state index is 11.5. The van der Waals surface area contributed by atoms with Crippen molar-refractivity contribution in [1.29, 1.82) is 0 Å². The minimum Gasteiger partial charge on any atom is -0.446 e. The molecule has 0 radical (unpaired) electrons. The van der Waals surface area contributed by atoms with Gasteiger partial charge in [0.2, 0.25) is 0 Å². The Hall–Kier alpha value is -2.05. The van der Waals surface area contributed by atoms with Crippen molar-refractivity contribution in [2.75, 3.05) is 12.4 Å². The largest absolute Gasteiger partial charge is 0.446 e. The quantitative estimate of drug-likeness (QED) is 0.724. The highest BCUT2D eigenvalue weighted by Crippen LogP contribution is 2.35. The fourth-order valence-corrected chi connectivity index (χ4v) is 2.42. The van der Waals surface area contributed by atoms with Crippen molar-refractivity contribution in [3.05, 3.63) is 11.8 Å². The van der Waals surface area contributed by atoms with Crippen molar-refractivity contribution in [2.24, 2.45) is 0 Å². The first-order chi connectivity index (χ1) is 11.0. The number of H-pyrrole nitrogens is 1. The van der Waals surface area contributed by atoms with Gasteiger partial charge >= 0.3 is 6.09 Å². The van der Waals surface area contributed by atoms with Crippen LogP contribution in [0.25, 0.3) is 0 Å². The number of anilines is 1. The highest BCUT2D eigenvalue weighted by atomic mass is 16.6. The van der Waals surface area contributed by atoms with Crippen LogP contribution in [0.4, 0.5) is 10.6 Å². The zero-order valence-corrected chi connectivity index (χ0v) is 14.4. The van der Waals surface area contributed by atoms with E-state index in [4.69, 9.17) is 4.74 Å². The van der Waals surface area contributed by atoms with Gasteiger partial charge in [-0.3, -0.25) is 5.10 Å². The molecule has 0 saturated heterocycles. The number of aromatic amines is 1. The molecule has 2 rings (SSSR count). The number of hydrogen-bond acceptors (Lipinski definition) is 5. The Labute approximate surface area is 137 Å². The van der Waals surface area contributed by atoms with Gasteiger partial charge in [-0.2, -0.15) is 5.10 Å². The Morgan fingerprint density at radius 2 is 2.22 bits per heavy atom. The SMILES string of the molecule is CCC=O.CNc1cc(C2CCC(OC(=O)NC(C)C)C2)[nH]n1. The summed E-state index contributed by atoms with van der Waals surface area (Å²) in [5.41, 5.74) is 1.11. The molecule has 1 aliphatic carbocycles. The van der Waals surface area contributed by atoms with Gasteiger partial charge in [-0.15, -0.1) is 0 Å². The van der Waals surface area contributed by atoms with E-state index in [1.54, 1.807) is 0 Å². The third-order valence-electron chi connectivity index (χ3n) is 3.53. The van der Waals surface area contributed by atoms with Gasteiger partial charge < -0.3 is 20.2 Å². The Morgan fingerprint density at radius 1 is 1.52 bits per heavy atom.